The number of hydrogen-bond donors (Lipinski definition) is 1. The molecule has 0 radical (unpaired) electrons. The first-order chi connectivity index (χ1) is 4.71. The molecule has 1 saturated heterocycles. The molecule has 0 spiro atoms. The SMILES string of the molecule is N#CCC1(C(=O)O)COC1. The van der Waals surface area contributed by atoms with Crippen molar-refractivity contribution in [3.63, 3.8) is 0 Å². The maximum Gasteiger partial charge on any atom is 0.315 e. The van der Waals surface area contributed by atoms with Crippen LogP contribution in [0.15, 0.2) is 0 Å². The minimum absolute atomic E-state index is 0.0440. The van der Waals surface area contributed by atoms with Crippen LogP contribution in [0.25, 0.3) is 0 Å². The third kappa shape index (κ3) is 0.847. The molecule has 10 heavy (non-hydrogen) atoms. The second kappa shape index (κ2) is 2.27. The summed E-state index contributed by atoms with van der Waals surface area (Å²) in [7, 11) is 0. The Morgan fingerprint density at radius 3 is 2.50 bits per heavy atom. The lowest BCUT2D eigenvalue weighted by Gasteiger charge is -2.34. The molecule has 4 heteroatoms. The van der Waals surface area contributed by atoms with Gasteiger partial charge in [0.05, 0.1) is 25.7 Å². The van der Waals surface area contributed by atoms with Gasteiger partial charge in [-0.1, -0.05) is 0 Å². The molecule has 1 N–H and O–H groups in total. The quantitative estimate of drug-likeness (QED) is 0.587. The van der Waals surface area contributed by atoms with E-state index in [0.29, 0.717) is 0 Å². The predicted octanol–water partition coefficient (Wildman–Crippen LogP) is 0.00128. The van der Waals surface area contributed by atoms with Crippen LogP contribution in [0, 0.1) is 16.7 Å². The van der Waals surface area contributed by atoms with Crippen LogP contribution in [0.4, 0.5) is 0 Å². The fraction of sp³-hybridized carbons (Fsp3) is 0.667. The van der Waals surface area contributed by atoms with Gasteiger partial charge in [-0.25, -0.2) is 0 Å². The minimum atomic E-state index is -0.930. The lowest BCUT2D eigenvalue weighted by atomic mass is 9.83. The van der Waals surface area contributed by atoms with Gasteiger partial charge < -0.3 is 9.84 Å². The summed E-state index contributed by atoms with van der Waals surface area (Å²) in [6, 6.07) is 1.83. The van der Waals surface area contributed by atoms with Crippen molar-refractivity contribution in [1.82, 2.24) is 0 Å². The third-order valence-corrected chi connectivity index (χ3v) is 1.63. The van der Waals surface area contributed by atoms with Crippen molar-refractivity contribution in [3.8, 4) is 6.07 Å². The molecule has 1 fully saturated rings. The van der Waals surface area contributed by atoms with E-state index in [1.165, 1.54) is 0 Å². The highest BCUT2D eigenvalue weighted by Gasteiger charge is 2.46. The summed E-state index contributed by atoms with van der Waals surface area (Å²) in [5, 5.41) is 16.8. The molecule has 1 aliphatic rings. The van der Waals surface area contributed by atoms with Crippen LogP contribution in [0.2, 0.25) is 0 Å². The molecule has 0 amide bonds. The Morgan fingerprint density at radius 2 is 2.40 bits per heavy atom. The number of carboxylic acids is 1. The van der Waals surface area contributed by atoms with Gasteiger partial charge in [-0.3, -0.25) is 4.79 Å². The summed E-state index contributed by atoms with van der Waals surface area (Å²) in [6.45, 7) is 0.353. The van der Waals surface area contributed by atoms with Crippen LogP contribution < -0.4 is 0 Å². The number of carboxylic acid groups (broad SMARTS) is 1. The lowest BCUT2D eigenvalue weighted by Crippen LogP contribution is -2.48. The molecule has 1 rings (SSSR count). The highest BCUT2D eigenvalue weighted by Crippen LogP contribution is 2.30. The van der Waals surface area contributed by atoms with Crippen molar-refractivity contribution in [2.75, 3.05) is 13.2 Å². The lowest BCUT2D eigenvalue weighted by molar-refractivity contribution is -0.178. The number of rotatable bonds is 2. The number of nitriles is 1. The molecule has 0 unspecified atom stereocenters. The van der Waals surface area contributed by atoms with Gasteiger partial charge in [0, 0.05) is 0 Å². The highest BCUT2D eigenvalue weighted by molar-refractivity contribution is 5.76. The van der Waals surface area contributed by atoms with Crippen LogP contribution in [0.1, 0.15) is 6.42 Å². The van der Waals surface area contributed by atoms with E-state index in [4.69, 9.17) is 15.1 Å². The van der Waals surface area contributed by atoms with Crippen molar-refractivity contribution in [2.45, 2.75) is 6.42 Å². The Morgan fingerprint density at radius 1 is 1.80 bits per heavy atom. The van der Waals surface area contributed by atoms with E-state index < -0.39 is 11.4 Å². The highest BCUT2D eigenvalue weighted by atomic mass is 16.5. The van der Waals surface area contributed by atoms with Gasteiger partial charge >= 0.3 is 5.97 Å². The second-order valence-corrected chi connectivity index (χ2v) is 2.41. The normalized spacial score (nSPS) is 20.7. The summed E-state index contributed by atoms with van der Waals surface area (Å²) in [6.07, 6.45) is 0.0440. The molecule has 54 valence electrons. The zero-order valence-corrected chi connectivity index (χ0v) is 5.33. The number of aliphatic carboxylic acids is 1. The maximum absolute atomic E-state index is 10.5. The summed E-state index contributed by atoms with van der Waals surface area (Å²) >= 11 is 0. The van der Waals surface area contributed by atoms with Crippen molar-refractivity contribution in [3.05, 3.63) is 0 Å². The maximum atomic E-state index is 10.5. The van der Waals surface area contributed by atoms with Crippen LogP contribution in [-0.4, -0.2) is 24.3 Å². The molecule has 0 aliphatic carbocycles. The van der Waals surface area contributed by atoms with Gasteiger partial charge in [-0.05, 0) is 0 Å². The van der Waals surface area contributed by atoms with Gasteiger partial charge in [0.1, 0.15) is 5.41 Å². The second-order valence-electron chi connectivity index (χ2n) is 2.41. The molecular formula is C6H7NO3. The average molecular weight is 141 g/mol. The summed E-state index contributed by atoms with van der Waals surface area (Å²) in [5.74, 6) is -0.930. The Bertz CT molecular complexity index is 190. The van der Waals surface area contributed by atoms with Crippen molar-refractivity contribution >= 4 is 5.97 Å². The van der Waals surface area contributed by atoms with Gasteiger partial charge in [0.25, 0.3) is 0 Å². The smallest absolute Gasteiger partial charge is 0.315 e. The first-order valence-electron chi connectivity index (χ1n) is 2.89. The fourth-order valence-corrected chi connectivity index (χ4v) is 0.801. The summed E-state index contributed by atoms with van der Waals surface area (Å²) in [4.78, 5) is 10.5. The third-order valence-electron chi connectivity index (χ3n) is 1.63. The van der Waals surface area contributed by atoms with E-state index in [0.717, 1.165) is 0 Å². The average Bonchev–Trinajstić information content (AvgIpc) is 1.77. The number of carbonyl (C=O) groups is 1. The van der Waals surface area contributed by atoms with E-state index in [2.05, 4.69) is 0 Å². The molecule has 0 saturated carbocycles. The fourth-order valence-electron chi connectivity index (χ4n) is 0.801. The largest absolute Gasteiger partial charge is 0.481 e. The monoisotopic (exact) mass is 141 g/mol. The van der Waals surface area contributed by atoms with E-state index in [-0.39, 0.29) is 19.6 Å². The van der Waals surface area contributed by atoms with Crippen LogP contribution in [0.3, 0.4) is 0 Å². The molecule has 1 heterocycles. The molecule has 1 aliphatic heterocycles. The Labute approximate surface area is 58.0 Å². The molecule has 0 aromatic heterocycles. The van der Waals surface area contributed by atoms with Gasteiger partial charge in [0.2, 0.25) is 0 Å². The predicted molar refractivity (Wildman–Crippen MR) is 31.1 cm³/mol. The molecule has 4 nitrogen and oxygen atoms in total. The van der Waals surface area contributed by atoms with E-state index in [9.17, 15) is 4.79 Å². The summed E-state index contributed by atoms with van der Waals surface area (Å²) in [5.41, 5.74) is -0.894. The van der Waals surface area contributed by atoms with Crippen LogP contribution in [-0.2, 0) is 9.53 Å². The standard InChI is InChI=1S/C6H7NO3/c7-2-1-6(5(8)9)3-10-4-6/h1,3-4H2,(H,8,9). The molecular weight excluding hydrogens is 134 g/mol. The first kappa shape index (κ1) is 7.03. The van der Waals surface area contributed by atoms with Crippen molar-refractivity contribution in [1.29, 1.82) is 5.26 Å². The molecule has 0 aromatic rings. The Kier molecular flexibility index (Phi) is 1.60. The molecule has 0 aromatic carbocycles. The summed E-state index contributed by atoms with van der Waals surface area (Å²) < 4.78 is 4.72. The van der Waals surface area contributed by atoms with Gasteiger partial charge in [-0.15, -0.1) is 0 Å². The van der Waals surface area contributed by atoms with Crippen molar-refractivity contribution in [2.24, 2.45) is 5.41 Å². The van der Waals surface area contributed by atoms with Crippen LogP contribution >= 0.6 is 0 Å². The molecule has 0 atom stereocenters. The molecule has 0 bridgehead atoms. The van der Waals surface area contributed by atoms with Crippen molar-refractivity contribution < 1.29 is 14.6 Å². The number of ether oxygens (including phenoxy) is 1. The number of nitrogens with zero attached hydrogens (tertiary/aromatic N) is 1. The first-order valence-corrected chi connectivity index (χ1v) is 2.89. The topological polar surface area (TPSA) is 70.3 Å². The zero-order valence-electron chi connectivity index (χ0n) is 5.33. The Balaban J connectivity index is 2.61. The number of hydrogen-bond acceptors (Lipinski definition) is 3. The van der Waals surface area contributed by atoms with Gasteiger partial charge in [-0.2, -0.15) is 5.26 Å². The van der Waals surface area contributed by atoms with E-state index >= 15 is 0 Å². The zero-order chi connectivity index (χ0) is 7.61. The minimum Gasteiger partial charge on any atom is -0.481 e. The van der Waals surface area contributed by atoms with E-state index in [1.807, 2.05) is 6.07 Å². The Hall–Kier alpha value is -1.08. The van der Waals surface area contributed by atoms with Gasteiger partial charge in [0.15, 0.2) is 0 Å². The van der Waals surface area contributed by atoms with E-state index in [1.54, 1.807) is 0 Å². The van der Waals surface area contributed by atoms with Crippen LogP contribution in [0.5, 0.6) is 0 Å².